The minimum Gasteiger partial charge on any atom is -0.366 e. The molecule has 6 nitrogen and oxygen atoms in total. The molecule has 0 radical (unpaired) electrons. The van der Waals surface area contributed by atoms with Gasteiger partial charge in [-0.05, 0) is 24.0 Å². The molecule has 11 heteroatoms. The highest BCUT2D eigenvalue weighted by molar-refractivity contribution is 6.03. The third-order valence-electron chi connectivity index (χ3n) is 3.59. The molecule has 0 aliphatic carbocycles. The van der Waals surface area contributed by atoms with Crippen molar-refractivity contribution in [2.45, 2.75) is 32.9 Å². The lowest BCUT2D eigenvalue weighted by molar-refractivity contribution is -0.141. The van der Waals surface area contributed by atoms with E-state index in [1.54, 1.807) is 13.8 Å². The van der Waals surface area contributed by atoms with E-state index in [9.17, 15) is 31.5 Å². The van der Waals surface area contributed by atoms with Crippen LogP contribution in [0.25, 0.3) is 0 Å². The van der Waals surface area contributed by atoms with Crippen LogP contribution in [0, 0.1) is 5.92 Å². The van der Waals surface area contributed by atoms with Crippen molar-refractivity contribution < 1.29 is 31.5 Å². The van der Waals surface area contributed by atoms with Crippen LogP contribution in [0.4, 0.5) is 22.0 Å². The molecular weight excluding hydrogens is 375 g/mol. The van der Waals surface area contributed by atoms with Crippen LogP contribution in [0.2, 0.25) is 0 Å². The van der Waals surface area contributed by atoms with Crippen LogP contribution >= 0.6 is 0 Å². The highest BCUT2D eigenvalue weighted by Gasteiger charge is 2.42. The van der Waals surface area contributed by atoms with E-state index in [4.69, 9.17) is 5.73 Å². The van der Waals surface area contributed by atoms with Gasteiger partial charge >= 0.3 is 6.18 Å². The summed E-state index contributed by atoms with van der Waals surface area (Å²) in [5.41, 5.74) is -0.465. The van der Waals surface area contributed by atoms with E-state index in [1.807, 2.05) is 0 Å². The Morgan fingerprint density at radius 3 is 2.26 bits per heavy atom. The van der Waals surface area contributed by atoms with Crippen LogP contribution in [0.15, 0.2) is 18.5 Å². The fraction of sp³-hybridized carbons (Fsp3) is 0.375. The summed E-state index contributed by atoms with van der Waals surface area (Å²) in [6.07, 6.45) is -6.74. The van der Waals surface area contributed by atoms with E-state index in [0.717, 1.165) is 12.4 Å². The SMILES string of the molecule is CC(C)Cc1c(C(N)=O)c(C(F)F)nc(C(F)(F)F)c1C(=O)n1cccn1. The molecule has 2 N–H and O–H groups in total. The van der Waals surface area contributed by atoms with Gasteiger partial charge in [0.05, 0.1) is 11.1 Å². The number of nitrogens with two attached hydrogens (primary N) is 1. The Balaban J connectivity index is 2.98. The van der Waals surface area contributed by atoms with Gasteiger partial charge in [-0.2, -0.15) is 18.3 Å². The van der Waals surface area contributed by atoms with E-state index < -0.39 is 52.5 Å². The second-order valence-electron chi connectivity index (χ2n) is 6.09. The third-order valence-corrected chi connectivity index (χ3v) is 3.59. The Morgan fingerprint density at radius 2 is 1.85 bits per heavy atom. The van der Waals surface area contributed by atoms with Crippen molar-refractivity contribution in [3.8, 4) is 0 Å². The molecule has 0 fully saturated rings. The minimum absolute atomic E-state index is 0.272. The first-order valence-electron chi connectivity index (χ1n) is 7.71. The highest BCUT2D eigenvalue weighted by Crippen LogP contribution is 2.37. The summed E-state index contributed by atoms with van der Waals surface area (Å²) in [6, 6.07) is 1.29. The van der Waals surface area contributed by atoms with Gasteiger partial charge in [-0.25, -0.2) is 18.4 Å². The Hall–Kier alpha value is -2.85. The largest absolute Gasteiger partial charge is 0.434 e. The molecule has 0 aromatic carbocycles. The molecule has 0 spiro atoms. The summed E-state index contributed by atoms with van der Waals surface area (Å²) in [5, 5.41) is 3.58. The van der Waals surface area contributed by atoms with Crippen LogP contribution in [-0.4, -0.2) is 26.6 Å². The van der Waals surface area contributed by atoms with Crippen molar-refractivity contribution >= 4 is 11.8 Å². The monoisotopic (exact) mass is 390 g/mol. The Kier molecular flexibility index (Phi) is 5.62. The molecule has 2 aromatic rings. The first-order valence-corrected chi connectivity index (χ1v) is 7.71. The topological polar surface area (TPSA) is 90.9 Å². The summed E-state index contributed by atoms with van der Waals surface area (Å²) < 4.78 is 67.9. The lowest BCUT2D eigenvalue weighted by Crippen LogP contribution is -2.29. The van der Waals surface area contributed by atoms with Gasteiger partial charge in [-0.1, -0.05) is 13.8 Å². The Bertz CT molecular complexity index is 861. The fourth-order valence-electron chi connectivity index (χ4n) is 2.64. The van der Waals surface area contributed by atoms with E-state index in [0.29, 0.717) is 4.68 Å². The highest BCUT2D eigenvalue weighted by atomic mass is 19.4. The van der Waals surface area contributed by atoms with Crippen molar-refractivity contribution in [2.75, 3.05) is 0 Å². The maximum Gasteiger partial charge on any atom is 0.434 e. The summed E-state index contributed by atoms with van der Waals surface area (Å²) in [6.45, 7) is 3.17. The van der Waals surface area contributed by atoms with Crippen LogP contribution in [0.3, 0.4) is 0 Å². The van der Waals surface area contributed by atoms with Gasteiger partial charge in [0.1, 0.15) is 5.69 Å². The smallest absolute Gasteiger partial charge is 0.366 e. The molecule has 2 heterocycles. The number of hydrogen-bond acceptors (Lipinski definition) is 4. The Labute approximate surface area is 150 Å². The Morgan fingerprint density at radius 1 is 1.22 bits per heavy atom. The first-order chi connectivity index (χ1) is 12.4. The van der Waals surface area contributed by atoms with Crippen molar-refractivity contribution in [1.29, 1.82) is 0 Å². The lowest BCUT2D eigenvalue weighted by atomic mass is 9.90. The maximum absolute atomic E-state index is 13.5. The predicted molar refractivity (Wildman–Crippen MR) is 83.2 cm³/mol. The van der Waals surface area contributed by atoms with Crippen molar-refractivity contribution in [3.05, 3.63) is 46.5 Å². The maximum atomic E-state index is 13.5. The minimum atomic E-state index is -5.22. The van der Waals surface area contributed by atoms with Gasteiger partial charge in [-0.3, -0.25) is 9.59 Å². The fourth-order valence-corrected chi connectivity index (χ4v) is 2.64. The van der Waals surface area contributed by atoms with Crippen molar-refractivity contribution in [1.82, 2.24) is 14.8 Å². The summed E-state index contributed by atoms with van der Waals surface area (Å²) >= 11 is 0. The number of carbonyl (C=O) groups excluding carboxylic acids is 2. The van der Waals surface area contributed by atoms with Gasteiger partial charge in [0.25, 0.3) is 18.2 Å². The number of primary amides is 1. The number of rotatable bonds is 5. The van der Waals surface area contributed by atoms with Crippen LogP contribution in [0.5, 0.6) is 0 Å². The summed E-state index contributed by atoms with van der Waals surface area (Å²) in [4.78, 5) is 27.4. The molecule has 0 saturated heterocycles. The van der Waals surface area contributed by atoms with Crippen LogP contribution in [0.1, 0.15) is 57.9 Å². The van der Waals surface area contributed by atoms with Crippen molar-refractivity contribution in [3.63, 3.8) is 0 Å². The molecule has 0 bridgehead atoms. The van der Waals surface area contributed by atoms with Gasteiger partial charge in [-0.15, -0.1) is 0 Å². The molecule has 27 heavy (non-hydrogen) atoms. The van der Waals surface area contributed by atoms with Gasteiger partial charge < -0.3 is 5.73 Å². The molecule has 2 aromatic heterocycles. The number of hydrogen-bond donors (Lipinski definition) is 1. The molecule has 0 saturated carbocycles. The van der Waals surface area contributed by atoms with Gasteiger partial charge in [0.15, 0.2) is 5.69 Å². The number of aromatic nitrogens is 3. The predicted octanol–water partition coefficient (Wildman–Crippen LogP) is 3.22. The van der Waals surface area contributed by atoms with E-state index >= 15 is 0 Å². The normalized spacial score (nSPS) is 12.0. The quantitative estimate of drug-likeness (QED) is 0.794. The van der Waals surface area contributed by atoms with Crippen LogP contribution < -0.4 is 5.73 Å². The van der Waals surface area contributed by atoms with Crippen LogP contribution in [-0.2, 0) is 12.6 Å². The van der Waals surface area contributed by atoms with E-state index in [1.165, 1.54) is 6.07 Å². The average molecular weight is 390 g/mol. The first kappa shape index (κ1) is 20.5. The molecule has 1 amide bonds. The molecule has 2 rings (SSSR count). The number of alkyl halides is 5. The number of nitrogens with zero attached hydrogens (tertiary/aromatic N) is 3. The molecular formula is C16H15F5N4O2. The zero-order valence-corrected chi connectivity index (χ0v) is 14.2. The second-order valence-corrected chi connectivity index (χ2v) is 6.09. The molecule has 0 atom stereocenters. The number of carbonyl (C=O) groups is 2. The van der Waals surface area contributed by atoms with Crippen molar-refractivity contribution in [2.24, 2.45) is 11.7 Å². The number of pyridine rings is 1. The average Bonchev–Trinajstić information content (AvgIpc) is 3.05. The zero-order chi connectivity index (χ0) is 20.5. The lowest BCUT2D eigenvalue weighted by Gasteiger charge is -2.21. The zero-order valence-electron chi connectivity index (χ0n) is 14.2. The number of amides is 1. The molecule has 0 unspecified atom stereocenters. The van der Waals surface area contributed by atoms with E-state index in [-0.39, 0.29) is 12.3 Å². The summed E-state index contributed by atoms with van der Waals surface area (Å²) in [5.74, 6) is -3.02. The standard InChI is InChI=1S/C16H15F5N4O2/c1-7(2)6-8-9(14(22)26)11(13(17)18)24-12(16(19,20)21)10(8)15(27)25-5-3-4-23-25/h3-5,7,13H,6H2,1-2H3,(H2,22,26). The molecule has 146 valence electrons. The number of halogens is 5. The van der Waals surface area contributed by atoms with Gasteiger partial charge in [0, 0.05) is 12.4 Å². The molecule has 0 aliphatic heterocycles. The summed E-state index contributed by atoms with van der Waals surface area (Å²) in [7, 11) is 0. The van der Waals surface area contributed by atoms with E-state index in [2.05, 4.69) is 10.1 Å². The molecule has 0 aliphatic rings. The second kappa shape index (κ2) is 7.41. The third kappa shape index (κ3) is 4.12. The van der Waals surface area contributed by atoms with Gasteiger partial charge in [0.2, 0.25) is 0 Å².